The van der Waals surface area contributed by atoms with E-state index in [9.17, 15) is 9.50 Å². The van der Waals surface area contributed by atoms with Crippen LogP contribution in [0.15, 0.2) is 35.4 Å². The molecule has 0 aliphatic rings. The molecule has 3 heteroatoms. The summed E-state index contributed by atoms with van der Waals surface area (Å²) in [4.78, 5) is 0. The number of benzene rings is 1. The van der Waals surface area contributed by atoms with Gasteiger partial charge >= 0.3 is 0 Å². The predicted octanol–water partition coefficient (Wildman–Crippen LogP) is 3.72. The van der Waals surface area contributed by atoms with Crippen molar-refractivity contribution < 1.29 is 9.50 Å². The molecule has 0 aliphatic carbocycles. The third-order valence-corrected chi connectivity index (χ3v) is 2.51. The zero-order valence-corrected chi connectivity index (χ0v) is 9.34. The van der Waals surface area contributed by atoms with E-state index in [2.05, 4.69) is 0 Å². The molecule has 1 rings (SSSR count). The lowest BCUT2D eigenvalue weighted by atomic mass is 10.1. The summed E-state index contributed by atoms with van der Waals surface area (Å²) in [6.07, 6.45) is 0.329. The Labute approximate surface area is 94.2 Å². The lowest BCUT2D eigenvalue weighted by molar-refractivity contribution is 0.206. The summed E-state index contributed by atoms with van der Waals surface area (Å²) in [6.45, 7) is 1.91. The van der Waals surface area contributed by atoms with Gasteiger partial charge in [-0.25, -0.2) is 4.39 Å². The van der Waals surface area contributed by atoms with Gasteiger partial charge in [-0.05, 0) is 6.42 Å². The Morgan fingerprint density at radius 1 is 1.40 bits per heavy atom. The van der Waals surface area contributed by atoms with Crippen LogP contribution in [-0.2, 0) is 0 Å². The highest BCUT2D eigenvalue weighted by atomic mass is 35.5. The van der Waals surface area contributed by atoms with Crippen LogP contribution in [-0.4, -0.2) is 11.2 Å². The van der Waals surface area contributed by atoms with E-state index in [4.69, 9.17) is 11.6 Å². The van der Waals surface area contributed by atoms with Crippen LogP contribution in [0.1, 0.15) is 25.3 Å². The smallest absolute Gasteiger partial charge is 0.147 e. The van der Waals surface area contributed by atoms with Crippen LogP contribution in [0.25, 0.3) is 5.83 Å². The molecule has 0 aromatic heterocycles. The Morgan fingerprint density at radius 3 is 2.53 bits per heavy atom. The first-order valence-corrected chi connectivity index (χ1v) is 5.33. The van der Waals surface area contributed by atoms with Crippen molar-refractivity contribution in [3.05, 3.63) is 40.9 Å². The first-order valence-electron chi connectivity index (χ1n) is 4.95. The maximum Gasteiger partial charge on any atom is 0.147 e. The van der Waals surface area contributed by atoms with E-state index in [-0.39, 0.29) is 5.03 Å². The van der Waals surface area contributed by atoms with Gasteiger partial charge in [0.15, 0.2) is 0 Å². The van der Waals surface area contributed by atoms with Crippen LogP contribution in [0.4, 0.5) is 4.39 Å². The molecule has 0 bridgehead atoms. The maximum atomic E-state index is 13.7. The minimum atomic E-state index is -0.906. The summed E-state index contributed by atoms with van der Waals surface area (Å²) in [5.74, 6) is -0.543. The second-order valence-corrected chi connectivity index (χ2v) is 3.74. The van der Waals surface area contributed by atoms with Crippen molar-refractivity contribution in [1.29, 1.82) is 0 Å². The SMILES string of the molecule is CCCC(O)C(Cl)=C(F)c1ccccc1. The molecule has 15 heavy (non-hydrogen) atoms. The van der Waals surface area contributed by atoms with E-state index in [1.807, 2.05) is 6.92 Å². The molecule has 1 atom stereocenters. The molecule has 0 heterocycles. The first kappa shape index (κ1) is 12.2. The van der Waals surface area contributed by atoms with E-state index in [1.165, 1.54) is 0 Å². The van der Waals surface area contributed by atoms with Gasteiger partial charge in [-0.2, -0.15) is 0 Å². The Morgan fingerprint density at radius 2 is 2.00 bits per heavy atom. The summed E-state index contributed by atoms with van der Waals surface area (Å²) in [7, 11) is 0. The highest BCUT2D eigenvalue weighted by molar-refractivity contribution is 6.32. The Hall–Kier alpha value is -0.860. The van der Waals surface area contributed by atoms with E-state index in [1.54, 1.807) is 30.3 Å². The average molecular weight is 229 g/mol. The zero-order chi connectivity index (χ0) is 11.3. The molecule has 1 aromatic rings. The molecule has 0 aliphatic heterocycles. The third kappa shape index (κ3) is 3.33. The summed E-state index contributed by atoms with van der Waals surface area (Å²) in [5.41, 5.74) is 0.401. The number of halogens is 2. The summed E-state index contributed by atoms with van der Waals surface area (Å²) >= 11 is 5.75. The minimum Gasteiger partial charge on any atom is -0.387 e. The summed E-state index contributed by atoms with van der Waals surface area (Å²) in [5, 5.41) is 9.41. The Balaban J connectivity index is 2.90. The number of rotatable bonds is 4. The fraction of sp³-hybridized carbons (Fsp3) is 0.333. The van der Waals surface area contributed by atoms with E-state index in [0.717, 1.165) is 6.42 Å². The number of hydrogen-bond acceptors (Lipinski definition) is 1. The molecular weight excluding hydrogens is 215 g/mol. The molecule has 1 aromatic carbocycles. The maximum absolute atomic E-state index is 13.7. The van der Waals surface area contributed by atoms with Gasteiger partial charge in [-0.15, -0.1) is 0 Å². The molecule has 0 saturated carbocycles. The third-order valence-electron chi connectivity index (χ3n) is 2.09. The van der Waals surface area contributed by atoms with Crippen LogP contribution in [0, 0.1) is 0 Å². The van der Waals surface area contributed by atoms with Gasteiger partial charge in [-0.3, -0.25) is 0 Å². The van der Waals surface area contributed by atoms with E-state index in [0.29, 0.717) is 12.0 Å². The quantitative estimate of drug-likeness (QED) is 0.833. The van der Waals surface area contributed by atoms with Crippen molar-refractivity contribution >= 4 is 17.4 Å². The van der Waals surface area contributed by atoms with Gasteiger partial charge in [0.25, 0.3) is 0 Å². The second kappa shape index (κ2) is 5.89. The molecule has 0 radical (unpaired) electrons. The largest absolute Gasteiger partial charge is 0.387 e. The van der Waals surface area contributed by atoms with Crippen LogP contribution in [0.2, 0.25) is 0 Å². The number of aliphatic hydroxyl groups is 1. The summed E-state index contributed by atoms with van der Waals surface area (Å²) in [6, 6.07) is 8.50. The van der Waals surface area contributed by atoms with Crippen LogP contribution < -0.4 is 0 Å². The van der Waals surface area contributed by atoms with Gasteiger partial charge in [0.2, 0.25) is 0 Å². The van der Waals surface area contributed by atoms with Crippen molar-refractivity contribution in [3.8, 4) is 0 Å². The van der Waals surface area contributed by atoms with Gasteiger partial charge < -0.3 is 5.11 Å². The molecule has 1 unspecified atom stereocenters. The number of hydrogen-bond donors (Lipinski definition) is 1. The fourth-order valence-corrected chi connectivity index (χ4v) is 1.49. The predicted molar refractivity (Wildman–Crippen MR) is 61.2 cm³/mol. The zero-order valence-electron chi connectivity index (χ0n) is 8.58. The molecule has 1 nitrogen and oxygen atoms in total. The summed E-state index contributed by atoms with van der Waals surface area (Å²) < 4.78 is 13.7. The van der Waals surface area contributed by atoms with Crippen LogP contribution in [0.5, 0.6) is 0 Å². The van der Waals surface area contributed by atoms with Crippen molar-refractivity contribution in [2.24, 2.45) is 0 Å². The number of aliphatic hydroxyl groups excluding tert-OH is 1. The van der Waals surface area contributed by atoms with Crippen molar-refractivity contribution in [2.75, 3.05) is 0 Å². The topological polar surface area (TPSA) is 20.2 Å². The highest BCUT2D eigenvalue weighted by Crippen LogP contribution is 2.26. The van der Waals surface area contributed by atoms with Crippen LogP contribution in [0.3, 0.4) is 0 Å². The lowest BCUT2D eigenvalue weighted by Gasteiger charge is -2.09. The Bertz CT molecular complexity index is 335. The molecule has 1 N–H and O–H groups in total. The minimum absolute atomic E-state index is 0.108. The average Bonchev–Trinajstić information content (AvgIpc) is 2.28. The van der Waals surface area contributed by atoms with Crippen LogP contribution >= 0.6 is 11.6 Å². The van der Waals surface area contributed by atoms with Crippen molar-refractivity contribution in [2.45, 2.75) is 25.9 Å². The van der Waals surface area contributed by atoms with E-state index >= 15 is 0 Å². The Kier molecular flexibility index (Phi) is 4.79. The molecular formula is C12H14ClFO. The van der Waals surface area contributed by atoms with E-state index < -0.39 is 11.9 Å². The van der Waals surface area contributed by atoms with Gasteiger partial charge in [0.1, 0.15) is 5.83 Å². The van der Waals surface area contributed by atoms with Crippen molar-refractivity contribution in [3.63, 3.8) is 0 Å². The van der Waals surface area contributed by atoms with Gasteiger partial charge in [-0.1, -0.05) is 55.3 Å². The second-order valence-electron chi connectivity index (χ2n) is 3.33. The molecule has 0 fully saturated rings. The molecule has 0 amide bonds. The molecule has 0 spiro atoms. The fourth-order valence-electron chi connectivity index (χ4n) is 1.27. The van der Waals surface area contributed by atoms with Gasteiger partial charge in [0.05, 0.1) is 11.1 Å². The molecule has 0 saturated heterocycles. The highest BCUT2D eigenvalue weighted by Gasteiger charge is 2.14. The van der Waals surface area contributed by atoms with Gasteiger partial charge in [0, 0.05) is 5.56 Å². The molecule has 82 valence electrons. The van der Waals surface area contributed by atoms with Crippen molar-refractivity contribution in [1.82, 2.24) is 0 Å². The monoisotopic (exact) mass is 228 g/mol. The first-order chi connectivity index (χ1) is 7.16. The normalized spacial score (nSPS) is 14.7. The standard InChI is InChI=1S/C12H14ClFO/c1-2-6-10(15)11(13)12(14)9-7-4-3-5-8-9/h3-5,7-8,10,15H,2,6H2,1H3. The lowest BCUT2D eigenvalue weighted by Crippen LogP contribution is -2.06.